The Morgan fingerprint density at radius 1 is 1.48 bits per heavy atom. The van der Waals surface area contributed by atoms with Crippen molar-refractivity contribution < 1.29 is 9.53 Å². The number of hydrogen-bond acceptors (Lipinski definition) is 3. The van der Waals surface area contributed by atoms with Crippen molar-refractivity contribution in [1.29, 1.82) is 0 Å². The Balaban J connectivity index is 1.80. The van der Waals surface area contributed by atoms with Crippen LogP contribution in [0.1, 0.15) is 32.6 Å². The molecule has 1 aromatic rings. The first kappa shape index (κ1) is 16.1. The van der Waals surface area contributed by atoms with Crippen LogP contribution < -0.4 is 10.2 Å². The van der Waals surface area contributed by atoms with E-state index in [1.54, 1.807) is 18.2 Å². The summed E-state index contributed by atoms with van der Waals surface area (Å²) in [5.74, 6) is 0.764. The van der Waals surface area contributed by atoms with Gasteiger partial charge in [-0.1, -0.05) is 30.1 Å². The Bertz CT molecular complexity index is 546. The highest BCUT2D eigenvalue weighted by Gasteiger charge is 2.14. The second kappa shape index (κ2) is 7.66. The summed E-state index contributed by atoms with van der Waals surface area (Å²) in [4.78, 5) is 11.7. The van der Waals surface area contributed by atoms with Crippen LogP contribution >= 0.6 is 23.2 Å². The molecule has 0 saturated heterocycles. The lowest BCUT2D eigenvalue weighted by atomic mass is 9.89. The summed E-state index contributed by atoms with van der Waals surface area (Å²) in [5, 5.41) is 5.07. The number of halogens is 2. The van der Waals surface area contributed by atoms with Crippen molar-refractivity contribution in [3.63, 3.8) is 0 Å². The van der Waals surface area contributed by atoms with E-state index < -0.39 is 0 Å². The van der Waals surface area contributed by atoms with Gasteiger partial charge in [-0.3, -0.25) is 4.79 Å². The Labute approximate surface area is 134 Å². The van der Waals surface area contributed by atoms with Gasteiger partial charge in [0.2, 0.25) is 0 Å². The minimum absolute atomic E-state index is 0.131. The molecule has 1 atom stereocenters. The first-order chi connectivity index (χ1) is 10.0. The molecule has 1 aliphatic carbocycles. The fourth-order valence-corrected chi connectivity index (χ4v) is 2.73. The zero-order valence-electron chi connectivity index (χ0n) is 11.9. The van der Waals surface area contributed by atoms with Crippen LogP contribution in [-0.4, -0.2) is 18.2 Å². The van der Waals surface area contributed by atoms with Gasteiger partial charge < -0.3 is 4.74 Å². The monoisotopic (exact) mass is 328 g/mol. The number of benzene rings is 1. The Kier molecular flexibility index (Phi) is 5.88. The molecule has 0 aromatic heterocycles. The molecule has 6 heteroatoms. The van der Waals surface area contributed by atoms with E-state index in [2.05, 4.69) is 17.5 Å². The molecular formula is C15H18Cl2N2O2. The molecule has 21 heavy (non-hydrogen) atoms. The largest absolute Gasteiger partial charge is 0.482 e. The van der Waals surface area contributed by atoms with Crippen LogP contribution in [0, 0.1) is 5.92 Å². The number of nitrogens with one attached hydrogen (secondary N) is 1. The predicted molar refractivity (Wildman–Crippen MR) is 85.2 cm³/mol. The smallest absolute Gasteiger partial charge is 0.277 e. The maximum atomic E-state index is 11.7. The van der Waals surface area contributed by atoms with Crippen molar-refractivity contribution in [2.24, 2.45) is 11.0 Å². The van der Waals surface area contributed by atoms with E-state index in [1.807, 2.05) is 0 Å². The zero-order chi connectivity index (χ0) is 15.2. The maximum absolute atomic E-state index is 11.7. The summed E-state index contributed by atoms with van der Waals surface area (Å²) in [6.07, 6.45) is 4.26. The van der Waals surface area contributed by atoms with E-state index in [0.717, 1.165) is 25.0 Å². The number of ether oxygens (including phenoxy) is 1. The van der Waals surface area contributed by atoms with E-state index in [1.165, 1.54) is 6.42 Å². The average Bonchev–Trinajstić information content (AvgIpc) is 2.44. The average molecular weight is 329 g/mol. The lowest BCUT2D eigenvalue weighted by molar-refractivity contribution is -0.123. The molecule has 1 fully saturated rings. The predicted octanol–water partition coefficient (Wildman–Crippen LogP) is 4.05. The van der Waals surface area contributed by atoms with Crippen molar-refractivity contribution in [1.82, 2.24) is 5.43 Å². The molecule has 0 heterocycles. The van der Waals surface area contributed by atoms with Gasteiger partial charge in [0.15, 0.2) is 6.61 Å². The van der Waals surface area contributed by atoms with Crippen LogP contribution in [0.2, 0.25) is 10.0 Å². The minimum atomic E-state index is -0.299. The quantitative estimate of drug-likeness (QED) is 0.847. The van der Waals surface area contributed by atoms with E-state index in [-0.39, 0.29) is 12.5 Å². The summed E-state index contributed by atoms with van der Waals surface area (Å²) >= 11 is 11.7. The van der Waals surface area contributed by atoms with Gasteiger partial charge >= 0.3 is 0 Å². The Morgan fingerprint density at radius 3 is 3.00 bits per heavy atom. The van der Waals surface area contributed by atoms with Crippen LogP contribution in [0.5, 0.6) is 5.75 Å². The third-order valence-corrected chi connectivity index (χ3v) is 3.87. The minimum Gasteiger partial charge on any atom is -0.482 e. The van der Waals surface area contributed by atoms with Gasteiger partial charge in [-0.25, -0.2) is 5.43 Å². The Hall–Kier alpha value is -1.26. The Morgan fingerprint density at radius 2 is 2.29 bits per heavy atom. The molecule has 114 valence electrons. The van der Waals surface area contributed by atoms with Crippen molar-refractivity contribution >= 4 is 34.8 Å². The van der Waals surface area contributed by atoms with E-state index in [9.17, 15) is 4.79 Å². The molecular weight excluding hydrogens is 311 g/mol. The van der Waals surface area contributed by atoms with Crippen LogP contribution in [0.4, 0.5) is 0 Å². The first-order valence-electron chi connectivity index (χ1n) is 6.96. The highest BCUT2D eigenvalue weighted by atomic mass is 35.5. The second-order valence-corrected chi connectivity index (χ2v) is 6.12. The molecule has 1 amide bonds. The van der Waals surface area contributed by atoms with Crippen molar-refractivity contribution in [3.8, 4) is 5.75 Å². The topological polar surface area (TPSA) is 50.7 Å². The third kappa shape index (κ3) is 5.21. The van der Waals surface area contributed by atoms with Crippen LogP contribution in [0.25, 0.3) is 0 Å². The lowest BCUT2D eigenvalue weighted by Crippen LogP contribution is -2.27. The number of rotatable bonds is 4. The van der Waals surface area contributed by atoms with E-state index >= 15 is 0 Å². The molecule has 0 bridgehead atoms. The molecule has 0 spiro atoms. The molecule has 0 unspecified atom stereocenters. The highest BCUT2D eigenvalue weighted by molar-refractivity contribution is 6.35. The second-order valence-electron chi connectivity index (χ2n) is 5.28. The fourth-order valence-electron chi connectivity index (χ4n) is 2.27. The highest BCUT2D eigenvalue weighted by Crippen LogP contribution is 2.27. The van der Waals surface area contributed by atoms with E-state index in [0.29, 0.717) is 21.7 Å². The van der Waals surface area contributed by atoms with Gasteiger partial charge in [0.05, 0.1) is 5.02 Å². The van der Waals surface area contributed by atoms with Crippen molar-refractivity contribution in [2.75, 3.05) is 6.61 Å². The van der Waals surface area contributed by atoms with Crippen LogP contribution in [0.3, 0.4) is 0 Å². The maximum Gasteiger partial charge on any atom is 0.277 e. The first-order valence-corrected chi connectivity index (χ1v) is 7.72. The van der Waals surface area contributed by atoms with Gasteiger partial charge in [0.1, 0.15) is 5.75 Å². The van der Waals surface area contributed by atoms with Crippen LogP contribution in [-0.2, 0) is 4.79 Å². The summed E-state index contributed by atoms with van der Waals surface area (Å²) in [6.45, 7) is 2.07. The molecule has 1 N–H and O–H groups in total. The van der Waals surface area contributed by atoms with Gasteiger partial charge in [-0.2, -0.15) is 5.10 Å². The number of hydrogen-bond donors (Lipinski definition) is 1. The lowest BCUT2D eigenvalue weighted by Gasteiger charge is -2.18. The number of nitrogens with zero attached hydrogens (tertiary/aromatic N) is 1. The van der Waals surface area contributed by atoms with E-state index in [4.69, 9.17) is 27.9 Å². The van der Waals surface area contributed by atoms with Gasteiger partial charge in [0, 0.05) is 10.7 Å². The van der Waals surface area contributed by atoms with Gasteiger partial charge in [-0.05, 0) is 49.8 Å². The number of carbonyl (C=O) groups excluding carboxylic acids is 1. The van der Waals surface area contributed by atoms with Gasteiger partial charge in [-0.15, -0.1) is 0 Å². The van der Waals surface area contributed by atoms with Gasteiger partial charge in [0.25, 0.3) is 5.91 Å². The third-order valence-electron chi connectivity index (χ3n) is 3.34. The molecule has 4 nitrogen and oxygen atoms in total. The molecule has 2 rings (SSSR count). The summed E-state index contributed by atoms with van der Waals surface area (Å²) in [6, 6.07) is 4.86. The summed E-state index contributed by atoms with van der Waals surface area (Å²) < 4.78 is 5.34. The molecule has 1 saturated carbocycles. The summed E-state index contributed by atoms with van der Waals surface area (Å²) in [5.41, 5.74) is 3.58. The van der Waals surface area contributed by atoms with Crippen molar-refractivity contribution in [3.05, 3.63) is 28.2 Å². The fraction of sp³-hybridized carbons (Fsp3) is 0.467. The van der Waals surface area contributed by atoms with Crippen molar-refractivity contribution in [2.45, 2.75) is 32.6 Å². The molecule has 1 aliphatic rings. The molecule has 0 radical (unpaired) electrons. The molecule has 0 aliphatic heterocycles. The SMILES string of the molecule is C[C@H]1CCC/C(=N\NC(=O)COc2ccc(Cl)cc2Cl)C1. The number of carbonyl (C=O) groups is 1. The number of amides is 1. The normalized spacial score (nSPS) is 20.3. The standard InChI is InChI=1S/C15H18Cl2N2O2/c1-10-3-2-4-12(7-10)18-19-15(20)9-21-14-6-5-11(16)8-13(14)17/h5-6,8,10H,2-4,7,9H2,1H3,(H,19,20)/b18-12+/t10-/m0/s1. The molecule has 1 aromatic carbocycles. The zero-order valence-corrected chi connectivity index (χ0v) is 13.4. The summed E-state index contributed by atoms with van der Waals surface area (Å²) in [7, 11) is 0. The number of hydrazone groups is 1. The van der Waals surface area contributed by atoms with Crippen LogP contribution in [0.15, 0.2) is 23.3 Å².